The molecule has 4 N–H and O–H groups in total. The van der Waals surface area contributed by atoms with Gasteiger partial charge in [-0.25, -0.2) is 27.6 Å². The smallest absolute Gasteiger partial charge is 0.422 e. The number of hydrogen-bond donors (Lipinski definition) is 3. The SMILES string of the molecule is NS(=O)(=O)c1ccc(Cc2c(CC3CC3)nn(-c3nc(B(O)O)cs3)c2-c2cccc(Br)c2)cc1F. The molecule has 1 fully saturated rings. The van der Waals surface area contributed by atoms with Crippen molar-refractivity contribution in [2.45, 2.75) is 30.6 Å². The zero-order chi connectivity index (χ0) is 25.6. The summed E-state index contributed by atoms with van der Waals surface area (Å²) in [6.07, 6.45) is 3.25. The molecular weight excluding hydrogens is 570 g/mol. The highest BCUT2D eigenvalue weighted by molar-refractivity contribution is 9.10. The van der Waals surface area contributed by atoms with Crippen molar-refractivity contribution < 1.29 is 22.9 Å². The topological polar surface area (TPSA) is 131 Å². The molecule has 1 saturated carbocycles. The molecule has 8 nitrogen and oxygen atoms in total. The molecule has 0 unspecified atom stereocenters. The number of rotatable bonds is 8. The number of primary sulfonamides is 1. The molecule has 2 aromatic carbocycles. The van der Waals surface area contributed by atoms with Crippen LogP contribution in [-0.4, -0.2) is 40.3 Å². The Kier molecular flexibility index (Phi) is 6.87. The van der Waals surface area contributed by atoms with Crippen LogP contribution in [0.1, 0.15) is 29.7 Å². The lowest BCUT2D eigenvalue weighted by Crippen LogP contribution is -2.30. The minimum Gasteiger partial charge on any atom is -0.422 e. The molecule has 2 heterocycles. The molecule has 0 aliphatic heterocycles. The Morgan fingerprint density at radius 2 is 2.00 bits per heavy atom. The van der Waals surface area contributed by atoms with Gasteiger partial charge in [-0.05, 0) is 55.0 Å². The lowest BCUT2D eigenvalue weighted by molar-refractivity contribution is 0.424. The van der Waals surface area contributed by atoms with E-state index < -0.39 is 27.9 Å². The lowest BCUT2D eigenvalue weighted by atomic mass is 9.88. The first-order valence-corrected chi connectivity index (χ1v) is 14.3. The average molecular weight is 591 g/mol. The van der Waals surface area contributed by atoms with E-state index >= 15 is 0 Å². The third kappa shape index (κ3) is 5.31. The van der Waals surface area contributed by atoms with Crippen LogP contribution in [0, 0.1) is 11.7 Å². The zero-order valence-electron chi connectivity index (χ0n) is 18.8. The maximum Gasteiger partial charge on any atom is 0.509 e. The number of sulfonamides is 1. The molecule has 0 spiro atoms. The van der Waals surface area contributed by atoms with Crippen molar-refractivity contribution in [2.24, 2.45) is 11.1 Å². The largest absolute Gasteiger partial charge is 0.509 e. The first-order chi connectivity index (χ1) is 17.1. The van der Waals surface area contributed by atoms with Gasteiger partial charge in [-0.3, -0.25) is 0 Å². The van der Waals surface area contributed by atoms with Crippen LogP contribution in [0.5, 0.6) is 0 Å². The molecule has 186 valence electrons. The second kappa shape index (κ2) is 9.80. The van der Waals surface area contributed by atoms with Gasteiger partial charge in [-0.15, -0.1) is 11.3 Å². The van der Waals surface area contributed by atoms with Gasteiger partial charge in [0.15, 0.2) is 0 Å². The fraction of sp³-hybridized carbons (Fsp3) is 0.217. The Labute approximate surface area is 220 Å². The normalized spacial score (nSPS) is 13.8. The van der Waals surface area contributed by atoms with Gasteiger partial charge < -0.3 is 10.0 Å². The number of benzene rings is 2. The van der Waals surface area contributed by atoms with Gasteiger partial charge in [-0.1, -0.05) is 34.1 Å². The molecule has 2 aromatic heterocycles. The van der Waals surface area contributed by atoms with E-state index in [9.17, 15) is 22.9 Å². The first-order valence-electron chi connectivity index (χ1n) is 11.1. The minimum absolute atomic E-state index is 0.122. The molecule has 5 rings (SSSR count). The van der Waals surface area contributed by atoms with E-state index in [0.29, 0.717) is 23.0 Å². The standard InChI is InChI=1S/C23H21BBrFN4O4S2/c25-16-3-1-2-15(11-16)22-17(8-14-6-7-20(18(26)9-14)36(27,33)34)19(10-13-4-5-13)29-30(22)23-28-21(12-35-23)24(31)32/h1-3,6-7,9,11-13,31-32H,4-5,8,10H2,(H2,27,33,34). The maximum absolute atomic E-state index is 14.7. The van der Waals surface area contributed by atoms with E-state index in [1.807, 2.05) is 24.3 Å². The Balaban J connectivity index is 1.68. The third-order valence-corrected chi connectivity index (χ3v) is 8.25. The van der Waals surface area contributed by atoms with Crippen LogP contribution in [-0.2, 0) is 22.9 Å². The molecule has 13 heteroatoms. The zero-order valence-corrected chi connectivity index (χ0v) is 22.0. The summed E-state index contributed by atoms with van der Waals surface area (Å²) in [6.45, 7) is 0. The molecule has 0 amide bonds. The van der Waals surface area contributed by atoms with Crippen LogP contribution in [0.15, 0.2) is 57.2 Å². The van der Waals surface area contributed by atoms with Gasteiger partial charge in [-0.2, -0.15) is 5.10 Å². The van der Waals surface area contributed by atoms with E-state index in [0.717, 1.165) is 46.2 Å². The van der Waals surface area contributed by atoms with Crippen molar-refractivity contribution in [3.8, 4) is 16.4 Å². The maximum atomic E-state index is 14.7. The van der Waals surface area contributed by atoms with Gasteiger partial charge in [0, 0.05) is 27.4 Å². The molecule has 0 saturated heterocycles. The quantitative estimate of drug-likeness (QED) is 0.270. The summed E-state index contributed by atoms with van der Waals surface area (Å²) in [6, 6.07) is 11.6. The highest BCUT2D eigenvalue weighted by Crippen LogP contribution is 2.38. The Morgan fingerprint density at radius 1 is 1.22 bits per heavy atom. The van der Waals surface area contributed by atoms with E-state index in [-0.39, 0.29) is 5.59 Å². The summed E-state index contributed by atoms with van der Waals surface area (Å²) in [7, 11) is -5.88. The third-order valence-electron chi connectivity index (χ3n) is 5.98. The lowest BCUT2D eigenvalue weighted by Gasteiger charge is -2.10. The predicted octanol–water partition coefficient (Wildman–Crippen LogP) is 2.77. The minimum atomic E-state index is -4.18. The highest BCUT2D eigenvalue weighted by Gasteiger charge is 2.29. The number of nitrogens with two attached hydrogens (primary N) is 1. The number of thiazole rings is 1. The second-order valence-corrected chi connectivity index (χ2v) is 12.0. The molecule has 4 aromatic rings. The highest BCUT2D eigenvalue weighted by atomic mass is 79.9. The van der Waals surface area contributed by atoms with E-state index in [4.69, 9.17) is 10.2 Å². The molecular formula is C23H21BBrFN4O4S2. The monoisotopic (exact) mass is 590 g/mol. The first kappa shape index (κ1) is 25.2. The molecule has 36 heavy (non-hydrogen) atoms. The van der Waals surface area contributed by atoms with E-state index in [1.54, 1.807) is 16.1 Å². The number of halogens is 2. The van der Waals surface area contributed by atoms with Gasteiger partial charge in [0.1, 0.15) is 10.7 Å². The molecule has 1 aliphatic rings. The summed E-state index contributed by atoms with van der Waals surface area (Å²) in [5.41, 5.74) is 3.98. The predicted molar refractivity (Wildman–Crippen MR) is 139 cm³/mol. The van der Waals surface area contributed by atoms with Crippen molar-refractivity contribution in [1.29, 1.82) is 0 Å². The number of nitrogens with zero attached hydrogens (tertiary/aromatic N) is 3. The fourth-order valence-corrected chi connectivity index (χ4v) is 5.87. The van der Waals surface area contributed by atoms with Gasteiger partial charge in [0.05, 0.1) is 17.0 Å². The molecule has 0 bridgehead atoms. The van der Waals surface area contributed by atoms with Crippen LogP contribution < -0.4 is 10.7 Å². The summed E-state index contributed by atoms with van der Waals surface area (Å²) in [5, 5.41) is 31.2. The van der Waals surface area contributed by atoms with Crippen molar-refractivity contribution in [3.05, 3.63) is 75.0 Å². The van der Waals surface area contributed by atoms with Gasteiger partial charge in [0.25, 0.3) is 0 Å². The number of hydrogen-bond acceptors (Lipinski definition) is 7. The Bertz CT molecular complexity index is 1550. The summed E-state index contributed by atoms with van der Waals surface area (Å²) < 4.78 is 40.5. The summed E-state index contributed by atoms with van der Waals surface area (Å²) >= 11 is 4.75. The average Bonchev–Trinajstić information content (AvgIpc) is 3.35. The van der Waals surface area contributed by atoms with Crippen LogP contribution in [0.4, 0.5) is 4.39 Å². The fourth-order valence-electron chi connectivity index (χ4n) is 4.09. The van der Waals surface area contributed by atoms with Crippen LogP contribution in [0.3, 0.4) is 0 Å². The molecule has 0 atom stereocenters. The van der Waals surface area contributed by atoms with Crippen molar-refractivity contribution in [1.82, 2.24) is 14.8 Å². The molecule has 0 radical (unpaired) electrons. The van der Waals surface area contributed by atoms with Crippen LogP contribution >= 0.6 is 27.3 Å². The second-order valence-electron chi connectivity index (χ2n) is 8.76. The Hall–Kier alpha value is -2.42. The van der Waals surface area contributed by atoms with Crippen molar-refractivity contribution >= 4 is 50.0 Å². The summed E-state index contributed by atoms with van der Waals surface area (Å²) in [4.78, 5) is 3.81. The molecule has 1 aliphatic carbocycles. The number of aromatic nitrogens is 3. The van der Waals surface area contributed by atoms with Crippen LogP contribution in [0.25, 0.3) is 16.4 Å². The van der Waals surface area contributed by atoms with Crippen LogP contribution in [0.2, 0.25) is 0 Å². The summed E-state index contributed by atoms with van der Waals surface area (Å²) in [5.74, 6) is -0.397. The van der Waals surface area contributed by atoms with Gasteiger partial charge in [0.2, 0.25) is 15.2 Å². The Morgan fingerprint density at radius 3 is 2.61 bits per heavy atom. The van der Waals surface area contributed by atoms with Crippen molar-refractivity contribution in [3.63, 3.8) is 0 Å². The van der Waals surface area contributed by atoms with E-state index in [2.05, 4.69) is 20.9 Å². The van der Waals surface area contributed by atoms with Gasteiger partial charge >= 0.3 is 7.12 Å². The van der Waals surface area contributed by atoms with E-state index in [1.165, 1.54) is 23.5 Å². The van der Waals surface area contributed by atoms with Crippen molar-refractivity contribution in [2.75, 3.05) is 0 Å².